The summed E-state index contributed by atoms with van der Waals surface area (Å²) in [7, 11) is 0. The summed E-state index contributed by atoms with van der Waals surface area (Å²) in [6, 6.07) is 8.12. The van der Waals surface area contributed by atoms with E-state index in [1.807, 2.05) is 12.1 Å². The van der Waals surface area contributed by atoms with E-state index in [9.17, 15) is 0 Å². The van der Waals surface area contributed by atoms with E-state index in [-0.39, 0.29) is 5.41 Å². The van der Waals surface area contributed by atoms with Gasteiger partial charge in [-0.25, -0.2) is 0 Å². The first-order chi connectivity index (χ1) is 7.24. The van der Waals surface area contributed by atoms with Gasteiger partial charge in [-0.2, -0.15) is 0 Å². The molecule has 1 atom stereocenters. The molecule has 3 heteroatoms. The molecule has 2 N–H and O–H groups in total. The van der Waals surface area contributed by atoms with Crippen molar-refractivity contribution in [3.05, 3.63) is 46.5 Å². The van der Waals surface area contributed by atoms with Gasteiger partial charge in [0, 0.05) is 23.3 Å². The monoisotopic (exact) mass is 221 g/mol. The number of rotatable bonds is 4. The molecule has 0 saturated heterocycles. The third-order valence-corrected chi connectivity index (χ3v) is 3.89. The Morgan fingerprint density at radius 2 is 2.27 bits per heavy atom. The Balaban J connectivity index is 2.22. The predicted octanol–water partition coefficient (Wildman–Crippen LogP) is 2.80. The first-order valence-electron chi connectivity index (χ1n) is 5.01. The molecule has 0 amide bonds. The fourth-order valence-electron chi connectivity index (χ4n) is 1.68. The highest BCUT2D eigenvalue weighted by Gasteiger charge is 2.27. The molecule has 15 heavy (non-hydrogen) atoms. The van der Waals surface area contributed by atoms with Crippen LogP contribution in [0.25, 0.3) is 0 Å². The molecule has 0 aliphatic rings. The van der Waals surface area contributed by atoms with Gasteiger partial charge in [0.25, 0.3) is 0 Å². The summed E-state index contributed by atoms with van der Waals surface area (Å²) in [5.41, 5.74) is 5.87. The minimum Gasteiger partial charge on any atom is -0.469 e. The highest BCUT2D eigenvalue weighted by atomic mass is 32.1. The Morgan fingerprint density at radius 1 is 1.40 bits per heavy atom. The van der Waals surface area contributed by atoms with Gasteiger partial charge in [-0.1, -0.05) is 13.0 Å². The first kappa shape index (κ1) is 10.5. The van der Waals surface area contributed by atoms with Gasteiger partial charge in [-0.3, -0.25) is 0 Å². The fourth-order valence-corrected chi connectivity index (χ4v) is 2.58. The molecule has 0 radical (unpaired) electrons. The van der Waals surface area contributed by atoms with E-state index in [1.54, 1.807) is 17.6 Å². The molecular formula is C12H15NOS. The SMILES string of the molecule is CC(CN)(Cc1ccco1)c1cccs1. The molecule has 0 spiro atoms. The summed E-state index contributed by atoms with van der Waals surface area (Å²) in [4.78, 5) is 1.32. The van der Waals surface area contributed by atoms with Crippen LogP contribution in [0.1, 0.15) is 17.6 Å². The maximum atomic E-state index is 5.88. The van der Waals surface area contributed by atoms with Crippen LogP contribution >= 0.6 is 11.3 Å². The van der Waals surface area contributed by atoms with Crippen LogP contribution in [0, 0.1) is 0 Å². The third kappa shape index (κ3) is 2.13. The van der Waals surface area contributed by atoms with Gasteiger partial charge in [0.1, 0.15) is 5.76 Å². The summed E-state index contributed by atoms with van der Waals surface area (Å²) in [6.45, 7) is 2.82. The van der Waals surface area contributed by atoms with Crippen molar-refractivity contribution in [2.24, 2.45) is 5.73 Å². The average molecular weight is 221 g/mol. The average Bonchev–Trinajstić information content (AvgIpc) is 2.89. The Labute approximate surface area is 93.7 Å². The topological polar surface area (TPSA) is 39.2 Å². The molecule has 0 fully saturated rings. The van der Waals surface area contributed by atoms with Crippen molar-refractivity contribution >= 4 is 11.3 Å². The van der Waals surface area contributed by atoms with Gasteiger partial charge in [0.05, 0.1) is 6.26 Å². The maximum absolute atomic E-state index is 5.88. The Hall–Kier alpha value is -1.06. The third-order valence-electron chi connectivity index (χ3n) is 2.71. The van der Waals surface area contributed by atoms with Crippen LogP contribution in [0.15, 0.2) is 40.3 Å². The minimum atomic E-state index is -0.00792. The molecule has 2 rings (SSSR count). The molecule has 2 aromatic heterocycles. The van der Waals surface area contributed by atoms with Crippen LogP contribution in [0.3, 0.4) is 0 Å². The van der Waals surface area contributed by atoms with Crippen molar-refractivity contribution in [2.45, 2.75) is 18.8 Å². The van der Waals surface area contributed by atoms with Crippen molar-refractivity contribution in [2.75, 3.05) is 6.54 Å². The summed E-state index contributed by atoms with van der Waals surface area (Å²) in [5.74, 6) is 0.997. The van der Waals surface area contributed by atoms with Crippen molar-refractivity contribution in [1.82, 2.24) is 0 Å². The van der Waals surface area contributed by atoms with Crippen molar-refractivity contribution in [1.29, 1.82) is 0 Å². The Morgan fingerprint density at radius 3 is 2.80 bits per heavy atom. The lowest BCUT2D eigenvalue weighted by Crippen LogP contribution is -2.33. The molecule has 2 nitrogen and oxygen atoms in total. The lowest BCUT2D eigenvalue weighted by molar-refractivity contribution is 0.417. The second kappa shape index (κ2) is 4.21. The van der Waals surface area contributed by atoms with E-state index in [2.05, 4.69) is 24.4 Å². The fraction of sp³-hybridized carbons (Fsp3) is 0.333. The minimum absolute atomic E-state index is 0.00792. The molecular weight excluding hydrogens is 206 g/mol. The second-order valence-electron chi connectivity index (χ2n) is 4.00. The van der Waals surface area contributed by atoms with Crippen LogP contribution in [-0.4, -0.2) is 6.54 Å². The number of hydrogen-bond acceptors (Lipinski definition) is 3. The van der Waals surface area contributed by atoms with Gasteiger partial charge >= 0.3 is 0 Å². The quantitative estimate of drug-likeness (QED) is 0.862. The van der Waals surface area contributed by atoms with Crippen LogP contribution < -0.4 is 5.73 Å². The number of nitrogens with two attached hydrogens (primary N) is 1. The summed E-state index contributed by atoms with van der Waals surface area (Å²) < 4.78 is 5.38. The van der Waals surface area contributed by atoms with E-state index >= 15 is 0 Å². The highest BCUT2D eigenvalue weighted by Crippen LogP contribution is 2.30. The van der Waals surface area contributed by atoms with E-state index in [0.29, 0.717) is 6.54 Å². The standard InChI is InChI=1S/C12H15NOS/c1-12(9-13,11-5-3-7-15-11)8-10-4-2-6-14-10/h2-7H,8-9,13H2,1H3. The van der Waals surface area contributed by atoms with E-state index < -0.39 is 0 Å². The molecule has 2 heterocycles. The van der Waals surface area contributed by atoms with Crippen LogP contribution in [0.4, 0.5) is 0 Å². The molecule has 2 aromatic rings. The number of thiophene rings is 1. The lowest BCUT2D eigenvalue weighted by atomic mass is 9.84. The van der Waals surface area contributed by atoms with Crippen LogP contribution in [0.2, 0.25) is 0 Å². The predicted molar refractivity (Wildman–Crippen MR) is 63.1 cm³/mol. The maximum Gasteiger partial charge on any atom is 0.104 e. The van der Waals surface area contributed by atoms with Gasteiger partial charge in [0.2, 0.25) is 0 Å². The normalized spacial score (nSPS) is 15.1. The zero-order chi connectivity index (χ0) is 10.7. The van der Waals surface area contributed by atoms with Gasteiger partial charge in [0.15, 0.2) is 0 Å². The van der Waals surface area contributed by atoms with Crippen LogP contribution in [0.5, 0.6) is 0 Å². The number of hydrogen-bond donors (Lipinski definition) is 1. The second-order valence-corrected chi connectivity index (χ2v) is 4.95. The number of furan rings is 1. The molecule has 0 aliphatic heterocycles. The molecule has 0 aromatic carbocycles. The summed E-state index contributed by atoms with van der Waals surface area (Å²) >= 11 is 1.75. The molecule has 0 aliphatic carbocycles. The van der Waals surface area contributed by atoms with Crippen molar-refractivity contribution in [3.63, 3.8) is 0 Å². The van der Waals surface area contributed by atoms with Gasteiger partial charge < -0.3 is 10.2 Å². The van der Waals surface area contributed by atoms with Crippen molar-refractivity contribution in [3.8, 4) is 0 Å². The van der Waals surface area contributed by atoms with E-state index in [1.165, 1.54) is 4.88 Å². The molecule has 0 saturated carbocycles. The lowest BCUT2D eigenvalue weighted by Gasteiger charge is -2.25. The summed E-state index contributed by atoms with van der Waals surface area (Å²) in [6.07, 6.45) is 2.57. The highest BCUT2D eigenvalue weighted by molar-refractivity contribution is 7.10. The first-order valence-corrected chi connectivity index (χ1v) is 5.89. The largest absolute Gasteiger partial charge is 0.469 e. The molecule has 1 unspecified atom stereocenters. The van der Waals surface area contributed by atoms with Gasteiger partial charge in [-0.15, -0.1) is 11.3 Å². The Kier molecular flexibility index (Phi) is 2.93. The zero-order valence-electron chi connectivity index (χ0n) is 8.77. The van der Waals surface area contributed by atoms with E-state index in [0.717, 1.165) is 12.2 Å². The van der Waals surface area contributed by atoms with Crippen LogP contribution in [-0.2, 0) is 11.8 Å². The van der Waals surface area contributed by atoms with Crippen molar-refractivity contribution < 1.29 is 4.42 Å². The molecule has 0 bridgehead atoms. The Bertz CT molecular complexity index is 393. The van der Waals surface area contributed by atoms with E-state index in [4.69, 9.17) is 10.2 Å². The molecule has 80 valence electrons. The van der Waals surface area contributed by atoms with Gasteiger partial charge in [-0.05, 0) is 23.6 Å². The summed E-state index contributed by atoms with van der Waals surface area (Å²) in [5, 5.41) is 2.09. The zero-order valence-corrected chi connectivity index (χ0v) is 9.59. The smallest absolute Gasteiger partial charge is 0.104 e.